The third-order valence-corrected chi connectivity index (χ3v) is 6.77. The van der Waals surface area contributed by atoms with Gasteiger partial charge in [0.1, 0.15) is 0 Å². The SMILES string of the molecule is CCC(C)c1cc(S(=O)(=O)c2ccc(N)c(C(C)CC)c2)ccc1N. The number of benzene rings is 2. The highest BCUT2D eigenvalue weighted by Gasteiger charge is 2.22. The Bertz CT molecular complexity index is 794. The van der Waals surface area contributed by atoms with E-state index in [1.807, 2.05) is 13.8 Å². The average Bonchev–Trinajstić information content (AvgIpc) is 2.60. The molecule has 0 aliphatic carbocycles. The molecule has 0 fully saturated rings. The maximum absolute atomic E-state index is 13.1. The largest absolute Gasteiger partial charge is 0.398 e. The van der Waals surface area contributed by atoms with Crippen LogP contribution in [-0.2, 0) is 9.84 Å². The normalized spacial score (nSPS) is 14.2. The van der Waals surface area contributed by atoms with Crippen molar-refractivity contribution in [2.24, 2.45) is 0 Å². The molecule has 4 N–H and O–H groups in total. The molecule has 2 aromatic carbocycles. The van der Waals surface area contributed by atoms with Crippen LogP contribution >= 0.6 is 0 Å². The summed E-state index contributed by atoms with van der Waals surface area (Å²) in [5.74, 6) is 0.412. The predicted octanol–water partition coefficient (Wildman–Crippen LogP) is 4.71. The lowest BCUT2D eigenvalue weighted by atomic mass is 9.97. The van der Waals surface area contributed by atoms with Gasteiger partial charge < -0.3 is 11.5 Å². The van der Waals surface area contributed by atoms with Crippen LogP contribution in [0.15, 0.2) is 46.2 Å². The molecule has 25 heavy (non-hydrogen) atoms. The van der Waals surface area contributed by atoms with E-state index in [4.69, 9.17) is 11.5 Å². The molecular weight excluding hydrogens is 332 g/mol. The van der Waals surface area contributed by atoms with E-state index >= 15 is 0 Å². The molecule has 2 rings (SSSR count). The minimum absolute atomic E-state index is 0.206. The molecule has 0 saturated heterocycles. The van der Waals surface area contributed by atoms with Crippen molar-refractivity contribution in [2.75, 3.05) is 11.5 Å². The minimum atomic E-state index is -3.61. The lowest BCUT2D eigenvalue weighted by Gasteiger charge is -2.16. The van der Waals surface area contributed by atoms with Crippen LogP contribution in [0.3, 0.4) is 0 Å². The van der Waals surface area contributed by atoms with Gasteiger partial charge in [-0.25, -0.2) is 8.42 Å². The summed E-state index contributed by atoms with van der Waals surface area (Å²) in [6.07, 6.45) is 1.79. The van der Waals surface area contributed by atoms with Crippen molar-refractivity contribution >= 4 is 21.2 Å². The van der Waals surface area contributed by atoms with Gasteiger partial charge in [-0.1, -0.05) is 27.7 Å². The molecule has 0 aromatic heterocycles. The van der Waals surface area contributed by atoms with Crippen LogP contribution in [-0.4, -0.2) is 8.42 Å². The third kappa shape index (κ3) is 3.82. The van der Waals surface area contributed by atoms with Crippen LogP contribution < -0.4 is 11.5 Å². The number of nitrogen functional groups attached to an aromatic ring is 2. The monoisotopic (exact) mass is 360 g/mol. The molecule has 2 aromatic rings. The second-order valence-electron chi connectivity index (χ2n) is 6.70. The molecule has 0 amide bonds. The zero-order valence-electron chi connectivity index (χ0n) is 15.4. The van der Waals surface area contributed by atoms with Crippen molar-refractivity contribution in [3.63, 3.8) is 0 Å². The summed E-state index contributed by atoms with van der Waals surface area (Å²) in [6.45, 7) is 8.21. The summed E-state index contributed by atoms with van der Waals surface area (Å²) in [6, 6.07) is 9.93. The minimum Gasteiger partial charge on any atom is -0.398 e. The fraction of sp³-hybridized carbons (Fsp3) is 0.400. The van der Waals surface area contributed by atoms with Crippen LogP contribution in [0.5, 0.6) is 0 Å². The third-order valence-electron chi connectivity index (χ3n) is 5.02. The molecule has 2 unspecified atom stereocenters. The fourth-order valence-corrected chi connectivity index (χ4v) is 4.20. The lowest BCUT2D eigenvalue weighted by Crippen LogP contribution is -2.07. The smallest absolute Gasteiger partial charge is 0.206 e. The maximum atomic E-state index is 13.1. The fourth-order valence-electron chi connectivity index (χ4n) is 2.87. The first kappa shape index (κ1) is 19.3. The summed E-state index contributed by atoms with van der Waals surface area (Å²) in [4.78, 5) is 0.550. The molecule has 5 heteroatoms. The Hall–Kier alpha value is -2.01. The van der Waals surface area contributed by atoms with Crippen molar-refractivity contribution < 1.29 is 8.42 Å². The Kier molecular flexibility index (Phi) is 5.78. The van der Waals surface area contributed by atoms with Gasteiger partial charge in [0.05, 0.1) is 9.79 Å². The van der Waals surface area contributed by atoms with E-state index in [1.54, 1.807) is 36.4 Å². The molecule has 4 nitrogen and oxygen atoms in total. The molecule has 0 heterocycles. The Morgan fingerprint density at radius 3 is 1.48 bits per heavy atom. The summed E-state index contributed by atoms with van der Waals surface area (Å²) < 4.78 is 26.2. The van der Waals surface area contributed by atoms with E-state index in [0.29, 0.717) is 11.4 Å². The van der Waals surface area contributed by atoms with Gasteiger partial charge in [0.25, 0.3) is 0 Å². The van der Waals surface area contributed by atoms with Crippen LogP contribution in [0.25, 0.3) is 0 Å². The Balaban J connectivity index is 2.56. The summed E-state index contributed by atoms with van der Waals surface area (Å²) in [5, 5.41) is 0. The highest BCUT2D eigenvalue weighted by Crippen LogP contribution is 2.32. The molecule has 0 aliphatic rings. The second-order valence-corrected chi connectivity index (χ2v) is 8.65. The Morgan fingerprint density at radius 2 is 1.16 bits per heavy atom. The number of hydrogen-bond donors (Lipinski definition) is 2. The van der Waals surface area contributed by atoms with Gasteiger partial charge in [-0.15, -0.1) is 0 Å². The lowest BCUT2D eigenvalue weighted by molar-refractivity contribution is 0.595. The quantitative estimate of drug-likeness (QED) is 0.730. The zero-order valence-corrected chi connectivity index (χ0v) is 16.2. The van der Waals surface area contributed by atoms with E-state index < -0.39 is 9.84 Å². The number of anilines is 2. The van der Waals surface area contributed by atoms with Crippen molar-refractivity contribution in [3.8, 4) is 0 Å². The van der Waals surface area contributed by atoms with Crippen LogP contribution in [0, 0.1) is 0 Å². The predicted molar refractivity (Wildman–Crippen MR) is 105 cm³/mol. The topological polar surface area (TPSA) is 86.2 Å². The van der Waals surface area contributed by atoms with Gasteiger partial charge in [-0.05, 0) is 72.2 Å². The van der Waals surface area contributed by atoms with Gasteiger partial charge in [-0.2, -0.15) is 0 Å². The van der Waals surface area contributed by atoms with Gasteiger partial charge in [0.15, 0.2) is 0 Å². The van der Waals surface area contributed by atoms with Gasteiger partial charge in [0.2, 0.25) is 9.84 Å². The van der Waals surface area contributed by atoms with Crippen molar-refractivity contribution in [1.29, 1.82) is 0 Å². The molecule has 0 bridgehead atoms. The number of nitrogens with two attached hydrogens (primary N) is 2. The Labute approximate surface area is 151 Å². The first-order chi connectivity index (χ1) is 11.7. The molecule has 0 aliphatic heterocycles. The number of sulfone groups is 1. The maximum Gasteiger partial charge on any atom is 0.206 e. The molecule has 0 saturated carbocycles. The summed E-state index contributed by atoms with van der Waals surface area (Å²) in [5.41, 5.74) is 15.1. The van der Waals surface area contributed by atoms with E-state index in [2.05, 4.69) is 13.8 Å². The summed E-state index contributed by atoms with van der Waals surface area (Å²) in [7, 11) is -3.61. The van der Waals surface area contributed by atoms with Crippen molar-refractivity contribution in [3.05, 3.63) is 47.5 Å². The molecule has 2 atom stereocenters. The summed E-state index contributed by atoms with van der Waals surface area (Å²) >= 11 is 0. The zero-order chi connectivity index (χ0) is 18.8. The number of rotatable bonds is 6. The standard InChI is InChI=1S/C20H28N2O2S/c1-5-13(3)17-11-15(7-9-19(17)21)25(23,24)16-8-10-20(22)18(12-16)14(4)6-2/h7-14H,5-6,21-22H2,1-4H3. The Morgan fingerprint density at radius 1 is 0.800 bits per heavy atom. The molecule has 0 radical (unpaired) electrons. The van der Waals surface area contributed by atoms with Crippen LogP contribution in [0.4, 0.5) is 11.4 Å². The van der Waals surface area contributed by atoms with Crippen LogP contribution in [0.2, 0.25) is 0 Å². The second kappa shape index (κ2) is 7.48. The van der Waals surface area contributed by atoms with Gasteiger partial charge in [0, 0.05) is 11.4 Å². The highest BCUT2D eigenvalue weighted by molar-refractivity contribution is 7.91. The van der Waals surface area contributed by atoms with E-state index in [0.717, 1.165) is 24.0 Å². The number of hydrogen-bond acceptors (Lipinski definition) is 4. The first-order valence-electron chi connectivity index (χ1n) is 8.76. The van der Waals surface area contributed by atoms with E-state index in [1.165, 1.54) is 0 Å². The molecular formula is C20H28N2O2S. The first-order valence-corrected chi connectivity index (χ1v) is 10.2. The van der Waals surface area contributed by atoms with E-state index in [9.17, 15) is 8.42 Å². The highest BCUT2D eigenvalue weighted by atomic mass is 32.2. The molecule has 136 valence electrons. The van der Waals surface area contributed by atoms with Gasteiger partial charge >= 0.3 is 0 Å². The average molecular weight is 361 g/mol. The van der Waals surface area contributed by atoms with Crippen molar-refractivity contribution in [2.45, 2.75) is 62.2 Å². The molecule has 0 spiro atoms. The van der Waals surface area contributed by atoms with Crippen LogP contribution in [0.1, 0.15) is 63.5 Å². The van der Waals surface area contributed by atoms with E-state index in [-0.39, 0.29) is 21.6 Å². The van der Waals surface area contributed by atoms with Crippen molar-refractivity contribution in [1.82, 2.24) is 0 Å². The van der Waals surface area contributed by atoms with Gasteiger partial charge in [-0.3, -0.25) is 0 Å².